The molecule has 2 rings (SSSR count). The third kappa shape index (κ3) is 2.35. The molecule has 2 fully saturated rings. The van der Waals surface area contributed by atoms with Crippen LogP contribution >= 0.6 is 0 Å². The Balaban J connectivity index is 1.84. The van der Waals surface area contributed by atoms with Crippen LogP contribution < -0.4 is 5.32 Å². The largest absolute Gasteiger partial charge is 0.380 e. The van der Waals surface area contributed by atoms with E-state index in [2.05, 4.69) is 24.1 Å². The Labute approximate surface area is 93.2 Å². The zero-order valence-corrected chi connectivity index (χ0v) is 10.0. The Morgan fingerprint density at radius 2 is 2.20 bits per heavy atom. The van der Waals surface area contributed by atoms with Crippen molar-refractivity contribution in [3.05, 3.63) is 0 Å². The molecule has 0 aromatic heterocycles. The van der Waals surface area contributed by atoms with E-state index in [4.69, 9.17) is 4.74 Å². The minimum Gasteiger partial charge on any atom is -0.380 e. The van der Waals surface area contributed by atoms with Gasteiger partial charge in [-0.15, -0.1) is 0 Å². The topological polar surface area (TPSA) is 24.5 Å². The molecule has 0 amide bonds. The quantitative estimate of drug-likeness (QED) is 0.687. The van der Waals surface area contributed by atoms with Gasteiger partial charge in [0.2, 0.25) is 0 Å². The Morgan fingerprint density at radius 1 is 1.33 bits per heavy atom. The van der Waals surface area contributed by atoms with Gasteiger partial charge < -0.3 is 10.1 Å². The van der Waals surface area contributed by atoms with E-state index in [1.807, 2.05) is 0 Å². The summed E-state index contributed by atoms with van der Waals surface area (Å²) in [7, 11) is 0. The number of hydrogen-bond donors (Lipinski definition) is 1. The molecule has 0 bridgehead atoms. The Bertz CT molecular complexity index is 198. The molecule has 3 nitrogen and oxygen atoms in total. The first kappa shape index (κ1) is 11.4. The smallest absolute Gasteiger partial charge is 0.0593 e. The van der Waals surface area contributed by atoms with E-state index in [0.29, 0.717) is 0 Å². The van der Waals surface area contributed by atoms with E-state index < -0.39 is 0 Å². The van der Waals surface area contributed by atoms with Crippen LogP contribution in [-0.4, -0.2) is 50.3 Å². The predicted molar refractivity (Wildman–Crippen MR) is 62.0 cm³/mol. The third-order valence-corrected chi connectivity index (χ3v) is 3.97. The maximum Gasteiger partial charge on any atom is 0.0593 e. The Hall–Kier alpha value is -0.120. The predicted octanol–water partition coefficient (Wildman–Crippen LogP) is 0.953. The highest BCUT2D eigenvalue weighted by atomic mass is 16.5. The molecule has 2 saturated heterocycles. The lowest BCUT2D eigenvalue weighted by Crippen LogP contribution is -2.37. The summed E-state index contributed by atoms with van der Waals surface area (Å²) >= 11 is 0. The maximum absolute atomic E-state index is 5.45. The van der Waals surface area contributed by atoms with E-state index in [9.17, 15) is 0 Å². The number of hydrogen-bond acceptors (Lipinski definition) is 3. The van der Waals surface area contributed by atoms with Gasteiger partial charge in [-0.3, -0.25) is 4.90 Å². The lowest BCUT2D eigenvalue weighted by atomic mass is 9.93. The van der Waals surface area contributed by atoms with Crippen LogP contribution in [0.5, 0.6) is 0 Å². The molecule has 2 heterocycles. The fourth-order valence-corrected chi connectivity index (χ4v) is 3.26. The molecule has 88 valence electrons. The Kier molecular flexibility index (Phi) is 4.00. The van der Waals surface area contributed by atoms with Crippen molar-refractivity contribution in [2.45, 2.75) is 26.3 Å². The highest BCUT2D eigenvalue weighted by Gasteiger charge is 2.42. The summed E-state index contributed by atoms with van der Waals surface area (Å²) in [6, 6.07) is 0.797. The highest BCUT2D eigenvalue weighted by molar-refractivity contribution is 4.97. The summed E-state index contributed by atoms with van der Waals surface area (Å²) < 4.78 is 5.45. The van der Waals surface area contributed by atoms with Crippen LogP contribution in [0, 0.1) is 11.8 Å². The van der Waals surface area contributed by atoms with Crippen molar-refractivity contribution in [2.24, 2.45) is 11.8 Å². The van der Waals surface area contributed by atoms with Crippen LogP contribution in [0.25, 0.3) is 0 Å². The average Bonchev–Trinajstić information content (AvgIpc) is 2.77. The second kappa shape index (κ2) is 5.28. The van der Waals surface area contributed by atoms with Crippen molar-refractivity contribution >= 4 is 0 Å². The number of fused-ring (bicyclic) bond motifs is 1. The zero-order valence-electron chi connectivity index (χ0n) is 10.0. The van der Waals surface area contributed by atoms with Gasteiger partial charge in [0.25, 0.3) is 0 Å². The van der Waals surface area contributed by atoms with Crippen molar-refractivity contribution in [1.29, 1.82) is 0 Å². The number of ether oxygens (including phenoxy) is 1. The number of likely N-dealkylation sites (tertiary alicyclic amines) is 1. The van der Waals surface area contributed by atoms with E-state index >= 15 is 0 Å². The van der Waals surface area contributed by atoms with E-state index in [-0.39, 0.29) is 0 Å². The third-order valence-electron chi connectivity index (χ3n) is 3.97. The van der Waals surface area contributed by atoms with Gasteiger partial charge in [0.05, 0.1) is 6.61 Å². The minimum atomic E-state index is 0.797. The summed E-state index contributed by atoms with van der Waals surface area (Å²) in [5, 5.41) is 3.52. The van der Waals surface area contributed by atoms with Gasteiger partial charge in [-0.2, -0.15) is 0 Å². The average molecular weight is 212 g/mol. The molecule has 2 aliphatic heterocycles. The van der Waals surface area contributed by atoms with Crippen LogP contribution in [0.15, 0.2) is 0 Å². The normalized spacial score (nSPS) is 36.0. The summed E-state index contributed by atoms with van der Waals surface area (Å²) in [6.45, 7) is 11.0. The SMILES string of the molecule is CCOCCN1CC2CNCC2C1CC. The van der Waals surface area contributed by atoms with Crippen LogP contribution in [0.1, 0.15) is 20.3 Å². The van der Waals surface area contributed by atoms with Crippen LogP contribution in [-0.2, 0) is 4.74 Å². The van der Waals surface area contributed by atoms with Gasteiger partial charge in [0.1, 0.15) is 0 Å². The van der Waals surface area contributed by atoms with Crippen LogP contribution in [0.2, 0.25) is 0 Å². The summed E-state index contributed by atoms with van der Waals surface area (Å²) in [5.41, 5.74) is 0. The van der Waals surface area contributed by atoms with Gasteiger partial charge in [0.15, 0.2) is 0 Å². The molecule has 0 radical (unpaired) electrons. The first-order valence-electron chi connectivity index (χ1n) is 6.39. The molecule has 2 aliphatic rings. The monoisotopic (exact) mass is 212 g/mol. The second-order valence-corrected chi connectivity index (χ2v) is 4.75. The minimum absolute atomic E-state index is 0.797. The van der Waals surface area contributed by atoms with Crippen LogP contribution in [0.4, 0.5) is 0 Å². The molecule has 1 N–H and O–H groups in total. The first-order chi connectivity index (χ1) is 7.36. The maximum atomic E-state index is 5.45. The zero-order chi connectivity index (χ0) is 10.7. The van der Waals surface area contributed by atoms with Gasteiger partial charge in [-0.1, -0.05) is 6.92 Å². The molecule has 3 atom stereocenters. The van der Waals surface area contributed by atoms with Gasteiger partial charge in [-0.25, -0.2) is 0 Å². The molecule has 0 saturated carbocycles. The molecule has 0 spiro atoms. The van der Waals surface area contributed by atoms with Crippen molar-refractivity contribution in [3.63, 3.8) is 0 Å². The summed E-state index contributed by atoms with van der Waals surface area (Å²) in [6.07, 6.45) is 1.29. The van der Waals surface area contributed by atoms with E-state index in [0.717, 1.165) is 37.6 Å². The van der Waals surface area contributed by atoms with Crippen molar-refractivity contribution < 1.29 is 4.74 Å². The van der Waals surface area contributed by atoms with Crippen molar-refractivity contribution in [1.82, 2.24) is 10.2 Å². The van der Waals surface area contributed by atoms with Gasteiger partial charge in [0, 0.05) is 25.7 Å². The van der Waals surface area contributed by atoms with Crippen molar-refractivity contribution in [3.8, 4) is 0 Å². The second-order valence-electron chi connectivity index (χ2n) is 4.75. The van der Waals surface area contributed by atoms with E-state index in [1.54, 1.807) is 0 Å². The molecular formula is C12H24N2O. The standard InChI is InChI=1S/C12H24N2O/c1-3-12-11-8-13-7-10(11)9-14(12)5-6-15-4-2/h10-13H,3-9H2,1-2H3. The van der Waals surface area contributed by atoms with Gasteiger partial charge >= 0.3 is 0 Å². The number of nitrogens with zero attached hydrogens (tertiary/aromatic N) is 1. The fraction of sp³-hybridized carbons (Fsp3) is 1.00. The number of rotatable bonds is 5. The molecule has 0 aromatic carbocycles. The molecule has 15 heavy (non-hydrogen) atoms. The molecular weight excluding hydrogens is 188 g/mol. The van der Waals surface area contributed by atoms with Crippen LogP contribution in [0.3, 0.4) is 0 Å². The summed E-state index contributed by atoms with van der Waals surface area (Å²) in [5.74, 6) is 1.80. The lowest BCUT2D eigenvalue weighted by Gasteiger charge is -2.26. The number of nitrogens with one attached hydrogen (secondary N) is 1. The van der Waals surface area contributed by atoms with Crippen molar-refractivity contribution in [2.75, 3.05) is 39.4 Å². The molecule has 3 heteroatoms. The Morgan fingerprint density at radius 3 is 2.93 bits per heavy atom. The van der Waals surface area contributed by atoms with E-state index in [1.165, 1.54) is 26.1 Å². The molecule has 3 unspecified atom stereocenters. The van der Waals surface area contributed by atoms with Gasteiger partial charge in [-0.05, 0) is 38.3 Å². The fourth-order valence-electron chi connectivity index (χ4n) is 3.26. The lowest BCUT2D eigenvalue weighted by molar-refractivity contribution is 0.102. The first-order valence-corrected chi connectivity index (χ1v) is 6.39. The molecule has 0 aliphatic carbocycles. The molecule has 0 aromatic rings. The summed E-state index contributed by atoms with van der Waals surface area (Å²) in [4.78, 5) is 2.64. The highest BCUT2D eigenvalue weighted by Crippen LogP contribution is 2.33.